The number of rotatable bonds is 3. The standard InChI is InChI=1S/C13H14N2O2/c1-10-5-3-6-11(9-10)13(2,12(16)17)15-8-4-7-14-15/h3-9H,1-2H3,(H,16,17). The minimum Gasteiger partial charge on any atom is -0.479 e. The van der Waals surface area contributed by atoms with E-state index in [-0.39, 0.29) is 0 Å². The molecule has 1 heterocycles. The molecule has 17 heavy (non-hydrogen) atoms. The van der Waals surface area contributed by atoms with E-state index in [0.717, 1.165) is 5.56 Å². The van der Waals surface area contributed by atoms with Gasteiger partial charge in [-0.2, -0.15) is 5.10 Å². The van der Waals surface area contributed by atoms with Gasteiger partial charge in [-0.25, -0.2) is 4.79 Å². The van der Waals surface area contributed by atoms with E-state index in [2.05, 4.69) is 5.10 Å². The molecule has 0 radical (unpaired) electrons. The average Bonchev–Trinajstić information content (AvgIpc) is 2.81. The van der Waals surface area contributed by atoms with Crippen molar-refractivity contribution in [1.29, 1.82) is 0 Å². The van der Waals surface area contributed by atoms with Crippen molar-refractivity contribution in [2.24, 2.45) is 0 Å². The minimum atomic E-state index is -1.17. The molecule has 0 amide bonds. The van der Waals surface area contributed by atoms with E-state index in [9.17, 15) is 9.90 Å². The Morgan fingerprint density at radius 1 is 1.41 bits per heavy atom. The first-order valence-electron chi connectivity index (χ1n) is 5.36. The monoisotopic (exact) mass is 230 g/mol. The summed E-state index contributed by atoms with van der Waals surface area (Å²) in [7, 11) is 0. The van der Waals surface area contributed by atoms with Crippen LogP contribution in [-0.2, 0) is 10.3 Å². The van der Waals surface area contributed by atoms with Gasteiger partial charge >= 0.3 is 5.97 Å². The van der Waals surface area contributed by atoms with E-state index in [0.29, 0.717) is 5.56 Å². The van der Waals surface area contributed by atoms with Crippen molar-refractivity contribution in [2.75, 3.05) is 0 Å². The summed E-state index contributed by atoms with van der Waals surface area (Å²) >= 11 is 0. The highest BCUT2D eigenvalue weighted by Gasteiger charge is 2.37. The van der Waals surface area contributed by atoms with Crippen molar-refractivity contribution in [3.05, 3.63) is 53.9 Å². The van der Waals surface area contributed by atoms with Crippen LogP contribution in [0.2, 0.25) is 0 Å². The normalized spacial score (nSPS) is 14.2. The summed E-state index contributed by atoms with van der Waals surface area (Å²) in [5, 5.41) is 13.5. The van der Waals surface area contributed by atoms with Gasteiger partial charge in [-0.05, 0) is 25.5 Å². The van der Waals surface area contributed by atoms with E-state index in [1.54, 1.807) is 25.4 Å². The molecule has 0 fully saturated rings. The minimum absolute atomic E-state index is 0.716. The molecule has 0 spiro atoms. The number of carboxylic acid groups (broad SMARTS) is 1. The number of aryl methyl sites for hydroxylation is 1. The maximum Gasteiger partial charge on any atom is 0.336 e. The SMILES string of the molecule is Cc1cccc(C(C)(C(=O)O)n2cccn2)c1. The number of hydrogen-bond donors (Lipinski definition) is 1. The number of carboxylic acids is 1. The lowest BCUT2D eigenvalue weighted by Gasteiger charge is -2.26. The second kappa shape index (κ2) is 4.05. The first-order chi connectivity index (χ1) is 8.05. The molecule has 0 aliphatic heterocycles. The summed E-state index contributed by atoms with van der Waals surface area (Å²) in [5.41, 5.74) is 0.575. The number of aliphatic carboxylic acids is 1. The van der Waals surface area contributed by atoms with Crippen LogP contribution in [-0.4, -0.2) is 20.9 Å². The summed E-state index contributed by atoms with van der Waals surface area (Å²) in [6.07, 6.45) is 3.24. The molecule has 1 unspecified atom stereocenters. The molecule has 1 N–H and O–H groups in total. The second-order valence-corrected chi connectivity index (χ2v) is 4.20. The first-order valence-corrected chi connectivity index (χ1v) is 5.36. The van der Waals surface area contributed by atoms with E-state index in [1.165, 1.54) is 4.68 Å². The lowest BCUT2D eigenvalue weighted by molar-refractivity contribution is -0.144. The number of hydrogen-bond acceptors (Lipinski definition) is 2. The van der Waals surface area contributed by atoms with Gasteiger partial charge in [-0.1, -0.05) is 29.8 Å². The summed E-state index contributed by atoms with van der Waals surface area (Å²) < 4.78 is 1.46. The lowest BCUT2D eigenvalue weighted by atomic mass is 9.91. The van der Waals surface area contributed by atoms with E-state index < -0.39 is 11.5 Å². The molecular weight excluding hydrogens is 216 g/mol. The highest BCUT2D eigenvalue weighted by atomic mass is 16.4. The maximum absolute atomic E-state index is 11.6. The quantitative estimate of drug-likeness (QED) is 0.877. The molecule has 4 heteroatoms. The Hall–Kier alpha value is -2.10. The van der Waals surface area contributed by atoms with Gasteiger partial charge < -0.3 is 5.11 Å². The van der Waals surface area contributed by atoms with E-state index in [4.69, 9.17) is 0 Å². The molecule has 1 aromatic carbocycles. The van der Waals surface area contributed by atoms with E-state index >= 15 is 0 Å². The summed E-state index contributed by atoms with van der Waals surface area (Å²) in [4.78, 5) is 11.6. The van der Waals surface area contributed by atoms with E-state index in [1.807, 2.05) is 31.2 Å². The molecule has 0 aliphatic carbocycles. The van der Waals surface area contributed by atoms with Crippen molar-refractivity contribution in [3.63, 3.8) is 0 Å². The number of aromatic nitrogens is 2. The predicted molar refractivity (Wildman–Crippen MR) is 63.8 cm³/mol. The lowest BCUT2D eigenvalue weighted by Crippen LogP contribution is -2.40. The maximum atomic E-state index is 11.6. The largest absolute Gasteiger partial charge is 0.479 e. The molecule has 1 aromatic heterocycles. The van der Waals surface area contributed by atoms with Crippen LogP contribution in [0.15, 0.2) is 42.7 Å². The molecular formula is C13H14N2O2. The van der Waals surface area contributed by atoms with Crippen molar-refractivity contribution in [3.8, 4) is 0 Å². The Labute approximate surface area is 99.5 Å². The van der Waals surface area contributed by atoms with Gasteiger partial charge in [-0.3, -0.25) is 4.68 Å². The number of carbonyl (C=O) groups is 1. The highest BCUT2D eigenvalue weighted by molar-refractivity contribution is 5.80. The van der Waals surface area contributed by atoms with Gasteiger partial charge in [0.25, 0.3) is 0 Å². The molecule has 2 aromatic rings. The molecule has 88 valence electrons. The second-order valence-electron chi connectivity index (χ2n) is 4.20. The van der Waals surface area contributed by atoms with Gasteiger partial charge in [0.05, 0.1) is 0 Å². The van der Waals surface area contributed by atoms with Crippen molar-refractivity contribution >= 4 is 5.97 Å². The van der Waals surface area contributed by atoms with Crippen LogP contribution in [0.25, 0.3) is 0 Å². The Kier molecular flexibility index (Phi) is 2.71. The summed E-state index contributed by atoms with van der Waals surface area (Å²) in [6.45, 7) is 3.59. The van der Waals surface area contributed by atoms with Crippen LogP contribution in [0, 0.1) is 6.92 Å². The Morgan fingerprint density at radius 2 is 2.18 bits per heavy atom. The topological polar surface area (TPSA) is 55.1 Å². The fraction of sp³-hybridized carbons (Fsp3) is 0.231. The van der Waals surface area contributed by atoms with Crippen LogP contribution >= 0.6 is 0 Å². The van der Waals surface area contributed by atoms with Gasteiger partial charge in [0.1, 0.15) is 0 Å². The van der Waals surface area contributed by atoms with Crippen molar-refractivity contribution in [2.45, 2.75) is 19.4 Å². The molecule has 0 aliphatic rings. The van der Waals surface area contributed by atoms with Crippen LogP contribution in [0.5, 0.6) is 0 Å². The third-order valence-electron chi connectivity index (χ3n) is 2.96. The zero-order chi connectivity index (χ0) is 12.5. The van der Waals surface area contributed by atoms with Crippen molar-refractivity contribution in [1.82, 2.24) is 9.78 Å². The van der Waals surface area contributed by atoms with Gasteiger partial charge in [0.2, 0.25) is 0 Å². The van der Waals surface area contributed by atoms with Crippen LogP contribution < -0.4 is 0 Å². The summed E-state index contributed by atoms with van der Waals surface area (Å²) in [5.74, 6) is -0.924. The van der Waals surface area contributed by atoms with Crippen molar-refractivity contribution < 1.29 is 9.90 Å². The zero-order valence-electron chi connectivity index (χ0n) is 9.79. The van der Waals surface area contributed by atoms with Gasteiger partial charge in [0, 0.05) is 12.4 Å². The fourth-order valence-electron chi connectivity index (χ4n) is 1.83. The van der Waals surface area contributed by atoms with Crippen LogP contribution in [0.4, 0.5) is 0 Å². The average molecular weight is 230 g/mol. The summed E-state index contributed by atoms with van der Waals surface area (Å²) in [6, 6.07) is 9.19. The van der Waals surface area contributed by atoms with Crippen LogP contribution in [0.3, 0.4) is 0 Å². The predicted octanol–water partition coefficient (Wildman–Crippen LogP) is 2.04. The first kappa shape index (κ1) is 11.4. The Bertz CT molecular complexity index is 534. The third-order valence-corrected chi connectivity index (χ3v) is 2.96. The smallest absolute Gasteiger partial charge is 0.336 e. The third kappa shape index (κ3) is 1.82. The number of benzene rings is 1. The molecule has 0 saturated carbocycles. The number of nitrogens with zero attached hydrogens (tertiary/aromatic N) is 2. The molecule has 2 rings (SSSR count). The van der Waals surface area contributed by atoms with Crippen LogP contribution in [0.1, 0.15) is 18.1 Å². The molecule has 4 nitrogen and oxygen atoms in total. The van der Waals surface area contributed by atoms with Gasteiger partial charge in [-0.15, -0.1) is 0 Å². The molecule has 0 bridgehead atoms. The molecule has 0 saturated heterocycles. The molecule has 1 atom stereocenters. The van der Waals surface area contributed by atoms with Gasteiger partial charge in [0.15, 0.2) is 5.54 Å². The Balaban J connectivity index is 2.60. The fourth-order valence-corrected chi connectivity index (χ4v) is 1.83. The Morgan fingerprint density at radius 3 is 2.71 bits per heavy atom. The zero-order valence-corrected chi connectivity index (χ0v) is 9.79. The highest BCUT2D eigenvalue weighted by Crippen LogP contribution is 2.26.